The van der Waals surface area contributed by atoms with E-state index >= 15 is 0 Å². The molecule has 0 bridgehead atoms. The Morgan fingerprint density at radius 1 is 1.27 bits per heavy atom. The molecular weight excluding hydrogens is 184 g/mol. The first kappa shape index (κ1) is 9.97. The molecule has 1 aromatic rings. The molecule has 2 heteroatoms. The summed E-state index contributed by atoms with van der Waals surface area (Å²) in [7, 11) is 0. The fourth-order valence-electron chi connectivity index (χ4n) is 1.60. The minimum absolute atomic E-state index is 0.0830. The van der Waals surface area contributed by atoms with E-state index in [2.05, 4.69) is 41.5 Å². The molecule has 2 rings (SSSR count). The molecule has 0 saturated heterocycles. The van der Waals surface area contributed by atoms with E-state index < -0.39 is 0 Å². The quantitative estimate of drug-likeness (QED) is 0.780. The highest BCUT2D eigenvalue weighted by molar-refractivity contribution is 5.78. The Morgan fingerprint density at radius 2 is 2.00 bits per heavy atom. The molecule has 0 aliphatic carbocycles. The lowest BCUT2D eigenvalue weighted by Gasteiger charge is -2.17. The maximum atomic E-state index is 4.43. The minimum Gasteiger partial charge on any atom is -0.366 e. The van der Waals surface area contributed by atoms with Gasteiger partial charge in [0.2, 0.25) is 0 Å². The van der Waals surface area contributed by atoms with Gasteiger partial charge in [-0.15, -0.1) is 0 Å². The first-order valence-electron chi connectivity index (χ1n) is 5.34. The summed E-state index contributed by atoms with van der Waals surface area (Å²) in [5, 5.41) is 3.26. The van der Waals surface area contributed by atoms with Crippen LogP contribution in [0.5, 0.6) is 0 Å². The van der Waals surface area contributed by atoms with Gasteiger partial charge in [-0.05, 0) is 30.0 Å². The Morgan fingerprint density at radius 3 is 2.53 bits per heavy atom. The van der Waals surface area contributed by atoms with Gasteiger partial charge in [0.05, 0.1) is 0 Å². The Bertz CT molecular complexity index is 388. The van der Waals surface area contributed by atoms with Crippen molar-refractivity contribution in [2.45, 2.75) is 26.4 Å². The lowest BCUT2D eigenvalue weighted by Crippen LogP contribution is -2.17. The Labute approximate surface area is 90.7 Å². The van der Waals surface area contributed by atoms with Gasteiger partial charge in [-0.2, -0.15) is 0 Å². The number of allylic oxidation sites excluding steroid dienone is 1. The average Bonchev–Trinajstić information content (AvgIpc) is 2.30. The SMILES string of the molecule is CCc1ccc(C2N=CC(C)=CN2)cc1. The number of benzene rings is 1. The molecule has 1 N–H and O–H groups in total. The van der Waals surface area contributed by atoms with E-state index in [-0.39, 0.29) is 6.17 Å². The van der Waals surface area contributed by atoms with Gasteiger partial charge in [0.25, 0.3) is 0 Å². The predicted molar refractivity (Wildman–Crippen MR) is 63.9 cm³/mol. The van der Waals surface area contributed by atoms with Crippen molar-refractivity contribution in [1.82, 2.24) is 5.32 Å². The first-order valence-corrected chi connectivity index (χ1v) is 5.34. The summed E-state index contributed by atoms with van der Waals surface area (Å²) in [6, 6.07) is 8.61. The number of nitrogens with one attached hydrogen (secondary N) is 1. The zero-order valence-corrected chi connectivity index (χ0v) is 9.20. The summed E-state index contributed by atoms with van der Waals surface area (Å²) < 4.78 is 0. The van der Waals surface area contributed by atoms with E-state index in [1.807, 2.05) is 19.3 Å². The summed E-state index contributed by atoms with van der Waals surface area (Å²) in [6.45, 7) is 4.20. The molecule has 1 aromatic carbocycles. The Balaban J connectivity index is 2.14. The first-order chi connectivity index (χ1) is 7.29. The van der Waals surface area contributed by atoms with Crippen molar-refractivity contribution >= 4 is 6.21 Å². The molecule has 1 atom stereocenters. The smallest absolute Gasteiger partial charge is 0.144 e. The van der Waals surface area contributed by atoms with Crippen LogP contribution in [0.1, 0.15) is 31.1 Å². The summed E-state index contributed by atoms with van der Waals surface area (Å²) in [6.07, 6.45) is 5.08. The monoisotopic (exact) mass is 200 g/mol. The van der Waals surface area contributed by atoms with Crippen LogP contribution in [0.3, 0.4) is 0 Å². The van der Waals surface area contributed by atoms with Crippen LogP contribution in [0.25, 0.3) is 0 Å². The van der Waals surface area contributed by atoms with Crippen molar-refractivity contribution in [2.24, 2.45) is 4.99 Å². The van der Waals surface area contributed by atoms with Gasteiger partial charge < -0.3 is 5.32 Å². The highest BCUT2D eigenvalue weighted by Gasteiger charge is 2.09. The number of hydrogen-bond donors (Lipinski definition) is 1. The third-order valence-electron chi connectivity index (χ3n) is 2.60. The van der Waals surface area contributed by atoms with E-state index in [0.29, 0.717) is 0 Å². The van der Waals surface area contributed by atoms with Crippen LogP contribution >= 0.6 is 0 Å². The molecule has 2 nitrogen and oxygen atoms in total. The number of hydrogen-bond acceptors (Lipinski definition) is 2. The van der Waals surface area contributed by atoms with Gasteiger partial charge in [-0.3, -0.25) is 4.99 Å². The third-order valence-corrected chi connectivity index (χ3v) is 2.60. The fourth-order valence-corrected chi connectivity index (χ4v) is 1.60. The number of rotatable bonds is 2. The van der Waals surface area contributed by atoms with Gasteiger partial charge in [-0.1, -0.05) is 31.2 Å². The molecule has 1 aliphatic rings. The second kappa shape index (κ2) is 4.30. The van der Waals surface area contributed by atoms with Crippen molar-refractivity contribution < 1.29 is 0 Å². The molecule has 1 unspecified atom stereocenters. The zero-order valence-electron chi connectivity index (χ0n) is 9.20. The highest BCUT2D eigenvalue weighted by atomic mass is 15.1. The minimum atomic E-state index is 0.0830. The lowest BCUT2D eigenvalue weighted by molar-refractivity contribution is 0.648. The molecule has 0 aromatic heterocycles. The number of aryl methyl sites for hydroxylation is 1. The second-order valence-corrected chi connectivity index (χ2v) is 3.83. The van der Waals surface area contributed by atoms with Gasteiger partial charge in [0, 0.05) is 12.4 Å². The summed E-state index contributed by atoms with van der Waals surface area (Å²) in [4.78, 5) is 4.43. The summed E-state index contributed by atoms with van der Waals surface area (Å²) >= 11 is 0. The molecule has 78 valence electrons. The maximum Gasteiger partial charge on any atom is 0.144 e. The third kappa shape index (κ3) is 2.27. The van der Waals surface area contributed by atoms with Crippen LogP contribution in [0.2, 0.25) is 0 Å². The molecule has 0 radical (unpaired) electrons. The van der Waals surface area contributed by atoms with Crippen molar-refractivity contribution in [1.29, 1.82) is 0 Å². The van der Waals surface area contributed by atoms with Crippen LogP contribution < -0.4 is 5.32 Å². The number of nitrogens with zero attached hydrogens (tertiary/aromatic N) is 1. The summed E-state index contributed by atoms with van der Waals surface area (Å²) in [5.74, 6) is 0. The van der Waals surface area contributed by atoms with Crippen LogP contribution in [-0.2, 0) is 6.42 Å². The van der Waals surface area contributed by atoms with Gasteiger partial charge in [0.1, 0.15) is 6.17 Å². The molecule has 0 fully saturated rings. The molecular formula is C13H16N2. The highest BCUT2D eigenvalue weighted by Crippen LogP contribution is 2.17. The van der Waals surface area contributed by atoms with E-state index in [4.69, 9.17) is 0 Å². The topological polar surface area (TPSA) is 24.4 Å². The zero-order chi connectivity index (χ0) is 10.7. The van der Waals surface area contributed by atoms with E-state index in [1.54, 1.807) is 0 Å². The van der Waals surface area contributed by atoms with Crippen molar-refractivity contribution in [2.75, 3.05) is 0 Å². The Hall–Kier alpha value is -1.57. The van der Waals surface area contributed by atoms with Gasteiger partial charge >= 0.3 is 0 Å². The maximum absolute atomic E-state index is 4.43. The van der Waals surface area contributed by atoms with Crippen molar-refractivity contribution in [3.05, 3.63) is 47.2 Å². The second-order valence-electron chi connectivity index (χ2n) is 3.83. The normalized spacial score (nSPS) is 19.6. The van der Waals surface area contributed by atoms with E-state index in [0.717, 1.165) is 12.0 Å². The van der Waals surface area contributed by atoms with Gasteiger partial charge in [0.15, 0.2) is 0 Å². The molecule has 0 spiro atoms. The fraction of sp³-hybridized carbons (Fsp3) is 0.308. The van der Waals surface area contributed by atoms with Crippen LogP contribution in [0.15, 0.2) is 41.0 Å². The van der Waals surface area contributed by atoms with Gasteiger partial charge in [-0.25, -0.2) is 0 Å². The van der Waals surface area contributed by atoms with Crippen LogP contribution in [0, 0.1) is 0 Å². The van der Waals surface area contributed by atoms with E-state index in [1.165, 1.54) is 11.1 Å². The average molecular weight is 200 g/mol. The standard InChI is InChI=1S/C13H16N2/c1-3-11-4-6-12(7-5-11)13-14-8-10(2)9-15-13/h4-9,13-14H,3H2,1-2H3. The largest absolute Gasteiger partial charge is 0.366 e. The van der Waals surface area contributed by atoms with E-state index in [9.17, 15) is 0 Å². The predicted octanol–water partition coefficient (Wildman–Crippen LogP) is 2.83. The van der Waals surface area contributed by atoms with Crippen LogP contribution in [-0.4, -0.2) is 6.21 Å². The summed E-state index contributed by atoms with van der Waals surface area (Å²) in [5.41, 5.74) is 3.74. The molecule has 0 amide bonds. The van der Waals surface area contributed by atoms with Crippen molar-refractivity contribution in [3.63, 3.8) is 0 Å². The Kier molecular flexibility index (Phi) is 2.86. The number of aliphatic imine (C=N–C) groups is 1. The molecule has 0 saturated carbocycles. The lowest BCUT2D eigenvalue weighted by atomic mass is 10.1. The van der Waals surface area contributed by atoms with Crippen LogP contribution in [0.4, 0.5) is 0 Å². The van der Waals surface area contributed by atoms with Crippen molar-refractivity contribution in [3.8, 4) is 0 Å². The molecule has 15 heavy (non-hydrogen) atoms. The molecule has 1 heterocycles. The molecule has 1 aliphatic heterocycles.